The largest absolute Gasteiger partial charge is 0.388 e. The summed E-state index contributed by atoms with van der Waals surface area (Å²) in [6, 6.07) is 9.20. The first-order chi connectivity index (χ1) is 7.17. The predicted octanol–water partition coefficient (Wildman–Crippen LogP) is 3.03. The molecule has 2 heteroatoms. The van der Waals surface area contributed by atoms with Crippen LogP contribution in [-0.2, 0) is 0 Å². The molecule has 15 heavy (non-hydrogen) atoms. The second-order valence-electron chi connectivity index (χ2n) is 4.00. The third-order valence-corrected chi connectivity index (χ3v) is 2.75. The van der Waals surface area contributed by atoms with E-state index in [1.807, 2.05) is 12.1 Å². The molecule has 1 N–H and O–H groups in total. The van der Waals surface area contributed by atoms with Gasteiger partial charge in [0.2, 0.25) is 0 Å². The van der Waals surface area contributed by atoms with Gasteiger partial charge in [0.15, 0.2) is 0 Å². The summed E-state index contributed by atoms with van der Waals surface area (Å²) in [4.78, 5) is 0. The zero-order valence-corrected chi connectivity index (χ0v) is 9.27. The van der Waals surface area contributed by atoms with Crippen molar-refractivity contribution in [3.8, 4) is 6.07 Å². The smallest absolute Gasteiger partial charge is 0.0991 e. The lowest BCUT2D eigenvalue weighted by Gasteiger charge is -2.15. The van der Waals surface area contributed by atoms with Gasteiger partial charge in [0.05, 0.1) is 17.7 Å². The van der Waals surface area contributed by atoms with E-state index in [4.69, 9.17) is 5.26 Å². The Kier molecular flexibility index (Phi) is 4.33. The summed E-state index contributed by atoms with van der Waals surface area (Å²) in [5.41, 5.74) is 1.53. The number of nitriles is 1. The lowest BCUT2D eigenvalue weighted by atomic mass is 9.96. The Morgan fingerprint density at radius 3 is 2.40 bits per heavy atom. The minimum atomic E-state index is -0.410. The summed E-state index contributed by atoms with van der Waals surface area (Å²) < 4.78 is 0. The highest BCUT2D eigenvalue weighted by molar-refractivity contribution is 5.32. The normalized spacial score (nSPS) is 14.3. The van der Waals surface area contributed by atoms with Gasteiger partial charge in [0.1, 0.15) is 0 Å². The standard InChI is InChI=1S/C13H17NO/c1-3-10(2)8-13(15)12-6-4-11(9-14)5-7-12/h4-7,10,13,15H,3,8H2,1-2H3. The summed E-state index contributed by atoms with van der Waals surface area (Å²) in [6.45, 7) is 4.25. The zero-order valence-electron chi connectivity index (χ0n) is 9.27. The molecule has 1 rings (SSSR count). The van der Waals surface area contributed by atoms with E-state index < -0.39 is 6.10 Å². The molecular formula is C13H17NO. The lowest BCUT2D eigenvalue weighted by molar-refractivity contribution is 0.146. The number of benzene rings is 1. The van der Waals surface area contributed by atoms with Gasteiger partial charge < -0.3 is 5.11 Å². The quantitative estimate of drug-likeness (QED) is 0.817. The fourth-order valence-electron chi connectivity index (χ4n) is 1.46. The van der Waals surface area contributed by atoms with E-state index >= 15 is 0 Å². The Balaban J connectivity index is 2.66. The molecule has 2 atom stereocenters. The first kappa shape index (κ1) is 11.7. The third kappa shape index (κ3) is 3.38. The van der Waals surface area contributed by atoms with Crippen molar-refractivity contribution < 1.29 is 5.11 Å². The van der Waals surface area contributed by atoms with Crippen molar-refractivity contribution >= 4 is 0 Å². The van der Waals surface area contributed by atoms with Gasteiger partial charge >= 0.3 is 0 Å². The monoisotopic (exact) mass is 203 g/mol. The molecule has 0 aliphatic carbocycles. The van der Waals surface area contributed by atoms with Gasteiger partial charge in [0.25, 0.3) is 0 Å². The first-order valence-electron chi connectivity index (χ1n) is 5.35. The molecule has 1 aromatic carbocycles. The number of aliphatic hydroxyl groups excluding tert-OH is 1. The highest BCUT2D eigenvalue weighted by atomic mass is 16.3. The second kappa shape index (κ2) is 5.53. The van der Waals surface area contributed by atoms with E-state index in [0.29, 0.717) is 11.5 Å². The molecule has 0 fully saturated rings. The van der Waals surface area contributed by atoms with Crippen LogP contribution in [0.3, 0.4) is 0 Å². The summed E-state index contributed by atoms with van der Waals surface area (Å²) in [7, 11) is 0. The van der Waals surface area contributed by atoms with E-state index in [2.05, 4.69) is 19.9 Å². The Morgan fingerprint density at radius 2 is 1.93 bits per heavy atom. The van der Waals surface area contributed by atoms with Crippen molar-refractivity contribution in [1.29, 1.82) is 5.26 Å². The Morgan fingerprint density at radius 1 is 1.33 bits per heavy atom. The molecule has 0 amide bonds. The van der Waals surface area contributed by atoms with Crippen molar-refractivity contribution in [2.75, 3.05) is 0 Å². The molecule has 1 aromatic rings. The van der Waals surface area contributed by atoms with Crippen molar-refractivity contribution in [3.63, 3.8) is 0 Å². The van der Waals surface area contributed by atoms with Crippen LogP contribution in [-0.4, -0.2) is 5.11 Å². The molecule has 0 saturated heterocycles. The van der Waals surface area contributed by atoms with Crippen LogP contribution < -0.4 is 0 Å². The maximum Gasteiger partial charge on any atom is 0.0991 e. The fraction of sp³-hybridized carbons (Fsp3) is 0.462. The lowest BCUT2D eigenvalue weighted by Crippen LogP contribution is -2.03. The minimum Gasteiger partial charge on any atom is -0.388 e. The number of rotatable bonds is 4. The van der Waals surface area contributed by atoms with Crippen molar-refractivity contribution in [1.82, 2.24) is 0 Å². The van der Waals surface area contributed by atoms with Gasteiger partial charge in [-0.15, -0.1) is 0 Å². The Hall–Kier alpha value is -1.33. The van der Waals surface area contributed by atoms with Gasteiger partial charge in [-0.05, 0) is 30.0 Å². The van der Waals surface area contributed by atoms with Gasteiger partial charge in [0, 0.05) is 0 Å². The number of hydrogen-bond acceptors (Lipinski definition) is 2. The van der Waals surface area contributed by atoms with E-state index in [1.165, 1.54) is 0 Å². The summed E-state index contributed by atoms with van der Waals surface area (Å²) in [5, 5.41) is 18.5. The van der Waals surface area contributed by atoms with Gasteiger partial charge in [-0.1, -0.05) is 32.4 Å². The van der Waals surface area contributed by atoms with Crippen LogP contribution in [0.4, 0.5) is 0 Å². The number of aliphatic hydroxyl groups is 1. The topological polar surface area (TPSA) is 44.0 Å². The van der Waals surface area contributed by atoms with Crippen LogP contribution in [0.1, 0.15) is 43.9 Å². The fourth-order valence-corrected chi connectivity index (χ4v) is 1.46. The van der Waals surface area contributed by atoms with Gasteiger partial charge in [-0.3, -0.25) is 0 Å². The molecule has 0 heterocycles. The molecule has 2 nitrogen and oxygen atoms in total. The molecular weight excluding hydrogens is 186 g/mol. The number of nitrogens with zero attached hydrogens (tertiary/aromatic N) is 1. The minimum absolute atomic E-state index is 0.410. The van der Waals surface area contributed by atoms with Crippen molar-refractivity contribution in [2.24, 2.45) is 5.92 Å². The van der Waals surface area contributed by atoms with E-state index in [1.54, 1.807) is 12.1 Å². The molecule has 0 aliphatic rings. The zero-order chi connectivity index (χ0) is 11.3. The van der Waals surface area contributed by atoms with Crippen LogP contribution >= 0.6 is 0 Å². The average Bonchev–Trinajstić information content (AvgIpc) is 2.29. The highest BCUT2D eigenvalue weighted by Crippen LogP contribution is 2.22. The summed E-state index contributed by atoms with van der Waals surface area (Å²) in [5.74, 6) is 0.524. The number of hydrogen-bond donors (Lipinski definition) is 1. The maximum absolute atomic E-state index is 9.90. The van der Waals surface area contributed by atoms with Gasteiger partial charge in [-0.2, -0.15) is 5.26 Å². The molecule has 2 unspecified atom stereocenters. The van der Waals surface area contributed by atoms with Crippen LogP contribution in [0.2, 0.25) is 0 Å². The Labute approximate surface area is 91.2 Å². The average molecular weight is 203 g/mol. The van der Waals surface area contributed by atoms with Crippen LogP contribution in [0.15, 0.2) is 24.3 Å². The second-order valence-corrected chi connectivity index (χ2v) is 4.00. The molecule has 0 aromatic heterocycles. The van der Waals surface area contributed by atoms with Crippen molar-refractivity contribution in [3.05, 3.63) is 35.4 Å². The third-order valence-electron chi connectivity index (χ3n) is 2.75. The first-order valence-corrected chi connectivity index (χ1v) is 5.35. The molecule has 0 spiro atoms. The Bertz CT molecular complexity index is 337. The molecule has 0 radical (unpaired) electrons. The maximum atomic E-state index is 9.90. The van der Waals surface area contributed by atoms with Crippen LogP contribution in [0.5, 0.6) is 0 Å². The van der Waals surface area contributed by atoms with Gasteiger partial charge in [-0.25, -0.2) is 0 Å². The molecule has 0 bridgehead atoms. The molecule has 80 valence electrons. The van der Waals surface area contributed by atoms with E-state index in [-0.39, 0.29) is 0 Å². The van der Waals surface area contributed by atoms with Crippen LogP contribution in [0, 0.1) is 17.2 Å². The van der Waals surface area contributed by atoms with Crippen LogP contribution in [0.25, 0.3) is 0 Å². The summed E-state index contributed by atoms with van der Waals surface area (Å²) in [6.07, 6.45) is 1.45. The SMILES string of the molecule is CCC(C)CC(O)c1ccc(C#N)cc1. The van der Waals surface area contributed by atoms with Crippen molar-refractivity contribution in [2.45, 2.75) is 32.8 Å². The summed E-state index contributed by atoms with van der Waals surface area (Å²) >= 11 is 0. The molecule has 0 aliphatic heterocycles. The predicted molar refractivity (Wildman–Crippen MR) is 60.2 cm³/mol. The van der Waals surface area contributed by atoms with E-state index in [9.17, 15) is 5.11 Å². The van der Waals surface area contributed by atoms with E-state index in [0.717, 1.165) is 18.4 Å². The highest BCUT2D eigenvalue weighted by Gasteiger charge is 2.10. The molecule has 0 saturated carbocycles.